The van der Waals surface area contributed by atoms with Crippen LogP contribution in [0.3, 0.4) is 0 Å². The molecule has 122 valence electrons. The van der Waals surface area contributed by atoms with Crippen molar-refractivity contribution >= 4 is 12.6 Å². The van der Waals surface area contributed by atoms with E-state index in [1.165, 1.54) is 0 Å². The van der Waals surface area contributed by atoms with Gasteiger partial charge in [0.1, 0.15) is 0 Å². The normalized spacial score (nSPS) is 15.7. The Hall–Kier alpha value is -0.470. The molecule has 3 N–H and O–H groups in total. The van der Waals surface area contributed by atoms with Gasteiger partial charge in [0.05, 0.1) is 0 Å². The van der Waals surface area contributed by atoms with Crippen LogP contribution in [0.4, 0.5) is 0 Å². The third-order valence-corrected chi connectivity index (χ3v) is 6.69. The zero-order chi connectivity index (χ0) is 16.9. The van der Waals surface area contributed by atoms with Crippen LogP contribution in [0.25, 0.3) is 0 Å². The maximum atomic E-state index is 10.5. The summed E-state index contributed by atoms with van der Waals surface area (Å²) in [6.07, 6.45) is -0.0651. The monoisotopic (exact) mass is 314 g/mol. The quantitative estimate of drug-likeness (QED) is 0.732. The van der Waals surface area contributed by atoms with E-state index >= 15 is 0 Å². The van der Waals surface area contributed by atoms with Gasteiger partial charge < -0.3 is 0 Å². The molecule has 0 amide bonds. The Morgan fingerprint density at radius 2 is 1.38 bits per heavy atom. The summed E-state index contributed by atoms with van der Waals surface area (Å²) in [5.41, 5.74) is 2.38. The molecule has 1 rings (SSSR count). The minimum absolute atomic E-state index is 0.0354. The molecular formula is C17H31O3P. The van der Waals surface area contributed by atoms with Gasteiger partial charge in [-0.05, 0) is 0 Å². The van der Waals surface area contributed by atoms with Crippen molar-refractivity contribution in [2.24, 2.45) is 0 Å². The number of aryl methyl sites for hydroxylation is 1. The number of hydrogen-bond donors (Lipinski definition) is 3. The second-order valence-electron chi connectivity index (χ2n) is 8.16. The molecule has 0 aliphatic carbocycles. The molecule has 0 fully saturated rings. The van der Waals surface area contributed by atoms with E-state index in [1.54, 1.807) is 6.92 Å². The SMILES string of the molecule is CCP(O)(O)(O)c1c(C)cc(C(C)(C)C)cc1C(C)(C)C. The van der Waals surface area contributed by atoms with Crippen molar-refractivity contribution < 1.29 is 14.7 Å². The van der Waals surface area contributed by atoms with Crippen LogP contribution >= 0.6 is 7.28 Å². The first kappa shape index (κ1) is 18.6. The molecule has 0 saturated heterocycles. The molecule has 0 radical (unpaired) electrons. The fourth-order valence-corrected chi connectivity index (χ4v) is 4.55. The van der Waals surface area contributed by atoms with E-state index in [0.29, 0.717) is 5.30 Å². The van der Waals surface area contributed by atoms with Crippen molar-refractivity contribution in [1.82, 2.24) is 0 Å². The maximum absolute atomic E-state index is 10.5. The van der Waals surface area contributed by atoms with Crippen molar-refractivity contribution in [3.05, 3.63) is 28.8 Å². The van der Waals surface area contributed by atoms with E-state index in [0.717, 1.165) is 16.7 Å². The van der Waals surface area contributed by atoms with Crippen molar-refractivity contribution in [3.63, 3.8) is 0 Å². The second kappa shape index (κ2) is 5.03. The van der Waals surface area contributed by atoms with Gasteiger partial charge in [-0.2, -0.15) is 0 Å². The first-order valence-corrected chi connectivity index (χ1v) is 9.78. The number of hydrogen-bond acceptors (Lipinski definition) is 3. The van der Waals surface area contributed by atoms with Crippen LogP contribution in [0, 0.1) is 6.92 Å². The third kappa shape index (κ3) is 3.84. The first-order valence-electron chi connectivity index (χ1n) is 7.50. The van der Waals surface area contributed by atoms with E-state index in [-0.39, 0.29) is 17.0 Å². The predicted octanol–water partition coefficient (Wildman–Crippen LogP) is 3.51. The van der Waals surface area contributed by atoms with E-state index in [1.807, 2.05) is 39.8 Å². The molecule has 3 nitrogen and oxygen atoms in total. The summed E-state index contributed by atoms with van der Waals surface area (Å²) >= 11 is 0. The molecule has 0 atom stereocenters. The van der Waals surface area contributed by atoms with Crippen LogP contribution in [-0.4, -0.2) is 20.8 Å². The second-order valence-corrected chi connectivity index (χ2v) is 11.5. The van der Waals surface area contributed by atoms with Crippen molar-refractivity contribution in [3.8, 4) is 0 Å². The van der Waals surface area contributed by atoms with Crippen LogP contribution in [0.15, 0.2) is 12.1 Å². The van der Waals surface area contributed by atoms with Crippen molar-refractivity contribution in [2.75, 3.05) is 6.16 Å². The van der Waals surface area contributed by atoms with Crippen LogP contribution < -0.4 is 5.30 Å². The third-order valence-electron chi connectivity index (χ3n) is 4.02. The Morgan fingerprint density at radius 3 is 1.71 bits per heavy atom. The summed E-state index contributed by atoms with van der Waals surface area (Å²) in [6, 6.07) is 3.98. The fourth-order valence-electron chi connectivity index (χ4n) is 2.55. The van der Waals surface area contributed by atoms with Crippen LogP contribution in [-0.2, 0) is 10.8 Å². The predicted molar refractivity (Wildman–Crippen MR) is 92.3 cm³/mol. The van der Waals surface area contributed by atoms with Gasteiger partial charge >= 0.3 is 128 Å². The molecule has 0 saturated carbocycles. The van der Waals surface area contributed by atoms with Gasteiger partial charge in [0, 0.05) is 0 Å². The molecule has 1 aromatic carbocycles. The molecule has 1 aromatic rings. The van der Waals surface area contributed by atoms with Crippen LogP contribution in [0.1, 0.15) is 65.2 Å². The topological polar surface area (TPSA) is 60.7 Å². The van der Waals surface area contributed by atoms with Crippen molar-refractivity contribution in [2.45, 2.75) is 66.2 Å². The molecule has 21 heavy (non-hydrogen) atoms. The van der Waals surface area contributed by atoms with Gasteiger partial charge in [0.2, 0.25) is 0 Å². The van der Waals surface area contributed by atoms with Crippen molar-refractivity contribution in [1.29, 1.82) is 0 Å². The Bertz CT molecular complexity index is 540. The Labute approximate surface area is 129 Å². The summed E-state index contributed by atoms with van der Waals surface area (Å²) < 4.78 is 0. The average molecular weight is 314 g/mol. The molecule has 0 unspecified atom stereocenters. The Morgan fingerprint density at radius 1 is 0.905 bits per heavy atom. The zero-order valence-electron chi connectivity index (χ0n) is 14.7. The summed E-state index contributed by atoms with van der Waals surface area (Å²) in [6.45, 7) is 15.9. The van der Waals surface area contributed by atoms with Gasteiger partial charge in [-0.15, -0.1) is 0 Å². The minimum atomic E-state index is -4.81. The zero-order valence-corrected chi connectivity index (χ0v) is 15.5. The molecule has 4 heteroatoms. The van der Waals surface area contributed by atoms with Gasteiger partial charge in [0.25, 0.3) is 0 Å². The van der Waals surface area contributed by atoms with Gasteiger partial charge in [0.15, 0.2) is 0 Å². The molecule has 0 aliphatic heterocycles. The summed E-state index contributed by atoms with van der Waals surface area (Å²) in [4.78, 5) is 31.6. The van der Waals surface area contributed by atoms with E-state index < -0.39 is 7.28 Å². The summed E-state index contributed by atoms with van der Waals surface area (Å²) in [5, 5.41) is 0.337. The average Bonchev–Trinajstić information content (AvgIpc) is 2.24. The summed E-state index contributed by atoms with van der Waals surface area (Å²) in [5.74, 6) is 0. The molecule has 0 spiro atoms. The molecule has 0 aliphatic rings. The van der Waals surface area contributed by atoms with E-state index in [4.69, 9.17) is 0 Å². The Kier molecular flexibility index (Phi) is 4.45. The standard InChI is InChI=1S/C17H31O3P/c1-9-21(18,19,20)15-12(2)10-13(16(3,4)5)11-14(15)17(6,7)8/h10-11,18-20H,9H2,1-8H3. The van der Waals surface area contributed by atoms with E-state index in [9.17, 15) is 14.7 Å². The number of rotatable bonds is 2. The summed E-state index contributed by atoms with van der Waals surface area (Å²) in [7, 11) is -4.81. The molecular weight excluding hydrogens is 283 g/mol. The van der Waals surface area contributed by atoms with Gasteiger partial charge in [-0.25, -0.2) is 0 Å². The molecule has 0 heterocycles. The van der Waals surface area contributed by atoms with Crippen LogP contribution in [0.2, 0.25) is 0 Å². The first-order chi connectivity index (χ1) is 9.08. The van der Waals surface area contributed by atoms with Crippen LogP contribution in [0.5, 0.6) is 0 Å². The van der Waals surface area contributed by atoms with Gasteiger partial charge in [-0.3, -0.25) is 0 Å². The molecule has 0 bridgehead atoms. The fraction of sp³-hybridized carbons (Fsp3) is 0.647. The number of benzene rings is 1. The molecule has 0 aromatic heterocycles. The van der Waals surface area contributed by atoms with Gasteiger partial charge in [-0.1, -0.05) is 0 Å². The Balaban J connectivity index is 3.83. The van der Waals surface area contributed by atoms with E-state index in [2.05, 4.69) is 20.8 Å².